The summed E-state index contributed by atoms with van der Waals surface area (Å²) in [4.78, 5) is 27.7. The third kappa shape index (κ3) is 6.00. The standard InChI is InChI=1S/C20H27N4O9P/c1-12(19(26)30-3)23-34(28,33-13-7-5-4-6-8-13)31-11-14-16(25)17(29-2)18(32-14)24-10-9-15(21)22-20(24)27/h4-10,12,14,16-18,25H,11H2,1-3H3,(H,23,28)(H2,21,22,27)/t12-,14+,16?,17-,18+,34?/m0/s1. The molecule has 0 spiro atoms. The number of hydrogen-bond acceptors (Lipinski definition) is 11. The van der Waals surface area contributed by atoms with Crippen molar-refractivity contribution < 1.29 is 37.7 Å². The molecule has 0 bridgehead atoms. The lowest BCUT2D eigenvalue weighted by molar-refractivity contribution is -0.142. The number of nitrogen functional groups attached to an aromatic ring is 1. The lowest BCUT2D eigenvalue weighted by Crippen LogP contribution is -2.38. The first-order valence-corrected chi connectivity index (χ1v) is 11.8. The van der Waals surface area contributed by atoms with E-state index in [1.807, 2.05) is 0 Å². The Bertz CT molecular complexity index is 1080. The summed E-state index contributed by atoms with van der Waals surface area (Å²) < 4.78 is 41.4. The predicted molar refractivity (Wildman–Crippen MR) is 119 cm³/mol. The van der Waals surface area contributed by atoms with Gasteiger partial charge in [0.15, 0.2) is 6.23 Å². The first-order chi connectivity index (χ1) is 16.2. The number of rotatable bonds is 10. The molecule has 34 heavy (non-hydrogen) atoms. The molecule has 186 valence electrons. The predicted octanol–water partition coefficient (Wildman–Crippen LogP) is 0.454. The Labute approximate surface area is 195 Å². The molecule has 1 fully saturated rings. The zero-order valence-corrected chi connectivity index (χ0v) is 19.7. The molecule has 0 radical (unpaired) electrons. The van der Waals surface area contributed by atoms with Crippen molar-refractivity contribution in [2.45, 2.75) is 37.5 Å². The summed E-state index contributed by atoms with van der Waals surface area (Å²) in [6.45, 7) is 0.994. The molecule has 0 saturated carbocycles. The van der Waals surface area contributed by atoms with Gasteiger partial charge in [-0.3, -0.25) is 13.9 Å². The van der Waals surface area contributed by atoms with E-state index < -0.39 is 56.6 Å². The Hall–Kier alpha value is -2.80. The molecular weight excluding hydrogens is 471 g/mol. The number of ether oxygens (including phenoxy) is 3. The molecule has 1 saturated heterocycles. The van der Waals surface area contributed by atoms with Crippen LogP contribution < -0.4 is 21.0 Å². The minimum Gasteiger partial charge on any atom is -0.468 e. The second-order valence-electron chi connectivity index (χ2n) is 7.37. The molecule has 1 aromatic carbocycles. The second kappa shape index (κ2) is 11.1. The fraction of sp³-hybridized carbons (Fsp3) is 0.450. The summed E-state index contributed by atoms with van der Waals surface area (Å²) in [7, 11) is -1.63. The van der Waals surface area contributed by atoms with Crippen LogP contribution in [0.15, 0.2) is 47.4 Å². The van der Waals surface area contributed by atoms with E-state index in [1.165, 1.54) is 33.4 Å². The van der Waals surface area contributed by atoms with Gasteiger partial charge < -0.3 is 29.6 Å². The van der Waals surface area contributed by atoms with Gasteiger partial charge in [0.25, 0.3) is 0 Å². The van der Waals surface area contributed by atoms with Gasteiger partial charge in [-0.25, -0.2) is 9.36 Å². The van der Waals surface area contributed by atoms with Crippen LogP contribution in [0.2, 0.25) is 0 Å². The van der Waals surface area contributed by atoms with Gasteiger partial charge in [0, 0.05) is 13.3 Å². The van der Waals surface area contributed by atoms with E-state index in [1.54, 1.807) is 30.3 Å². The average Bonchev–Trinajstić information content (AvgIpc) is 3.12. The number of carbonyl (C=O) groups is 1. The number of aliphatic hydroxyl groups excluding tert-OH is 1. The molecule has 4 N–H and O–H groups in total. The fourth-order valence-corrected chi connectivity index (χ4v) is 4.80. The first kappa shape index (κ1) is 25.8. The Morgan fingerprint density at radius 1 is 1.32 bits per heavy atom. The number of nitrogens with one attached hydrogen (secondary N) is 1. The van der Waals surface area contributed by atoms with E-state index in [0.29, 0.717) is 0 Å². The van der Waals surface area contributed by atoms with Crippen LogP contribution in [0.4, 0.5) is 5.82 Å². The summed E-state index contributed by atoms with van der Waals surface area (Å²) in [5.74, 6) is -0.443. The van der Waals surface area contributed by atoms with Crippen molar-refractivity contribution in [2.24, 2.45) is 0 Å². The lowest BCUT2D eigenvalue weighted by atomic mass is 10.1. The van der Waals surface area contributed by atoms with Crippen molar-refractivity contribution in [3.63, 3.8) is 0 Å². The van der Waals surface area contributed by atoms with Crippen molar-refractivity contribution >= 4 is 19.5 Å². The molecule has 2 unspecified atom stereocenters. The summed E-state index contributed by atoms with van der Waals surface area (Å²) in [5.41, 5.74) is 4.83. The van der Waals surface area contributed by atoms with E-state index in [4.69, 9.17) is 24.3 Å². The van der Waals surface area contributed by atoms with E-state index >= 15 is 0 Å². The highest BCUT2D eigenvalue weighted by molar-refractivity contribution is 7.52. The molecule has 0 aliphatic carbocycles. The fourth-order valence-electron chi connectivity index (χ4n) is 3.30. The summed E-state index contributed by atoms with van der Waals surface area (Å²) in [5, 5.41) is 13.2. The van der Waals surface area contributed by atoms with Crippen molar-refractivity contribution in [3.8, 4) is 5.75 Å². The minimum atomic E-state index is -4.16. The molecule has 0 amide bonds. The van der Waals surface area contributed by atoms with Crippen LogP contribution in [0.3, 0.4) is 0 Å². The van der Waals surface area contributed by atoms with Crippen LogP contribution in [0.5, 0.6) is 5.75 Å². The van der Waals surface area contributed by atoms with Gasteiger partial charge in [-0.1, -0.05) is 18.2 Å². The largest absolute Gasteiger partial charge is 0.468 e. The van der Waals surface area contributed by atoms with Crippen LogP contribution in [0, 0.1) is 0 Å². The van der Waals surface area contributed by atoms with Gasteiger partial charge in [0.05, 0.1) is 13.7 Å². The average molecular weight is 498 g/mol. The molecule has 6 atom stereocenters. The third-order valence-corrected chi connectivity index (χ3v) is 6.64. The molecule has 1 aliphatic heterocycles. The topological polar surface area (TPSA) is 173 Å². The van der Waals surface area contributed by atoms with Gasteiger partial charge in [-0.15, -0.1) is 0 Å². The Morgan fingerprint density at radius 3 is 2.65 bits per heavy atom. The SMILES string of the molecule is COC(=O)[C@H](C)NP(=O)(OC[C@H]1O[C@@H](n2ccc(N)nc2=O)[C@@H](OC)C1O)Oc1ccccc1. The summed E-state index contributed by atoms with van der Waals surface area (Å²) in [6.07, 6.45) is -2.98. The van der Waals surface area contributed by atoms with Crippen molar-refractivity contribution in [1.82, 2.24) is 14.6 Å². The Kier molecular flexibility index (Phi) is 8.42. The number of esters is 1. The van der Waals surface area contributed by atoms with Crippen LogP contribution in [0.1, 0.15) is 13.2 Å². The normalized spacial score (nSPS) is 24.8. The van der Waals surface area contributed by atoms with Gasteiger partial charge in [0.2, 0.25) is 0 Å². The minimum absolute atomic E-state index is 0.0263. The van der Waals surface area contributed by atoms with Crippen LogP contribution in [-0.4, -0.2) is 65.8 Å². The maximum absolute atomic E-state index is 13.5. The molecule has 1 aromatic heterocycles. The number of benzene rings is 1. The van der Waals surface area contributed by atoms with Crippen LogP contribution >= 0.6 is 7.75 Å². The van der Waals surface area contributed by atoms with Crippen molar-refractivity contribution in [3.05, 3.63) is 53.1 Å². The van der Waals surface area contributed by atoms with Crippen molar-refractivity contribution in [1.29, 1.82) is 0 Å². The van der Waals surface area contributed by atoms with Crippen LogP contribution in [0.25, 0.3) is 0 Å². The maximum atomic E-state index is 13.5. The summed E-state index contributed by atoms with van der Waals surface area (Å²) in [6, 6.07) is 8.54. The second-order valence-corrected chi connectivity index (χ2v) is 9.06. The quantitative estimate of drug-likeness (QED) is 0.305. The first-order valence-electron chi connectivity index (χ1n) is 10.2. The van der Waals surface area contributed by atoms with Gasteiger partial charge in [-0.05, 0) is 25.1 Å². The number of aliphatic hydroxyl groups is 1. The molecule has 13 nitrogen and oxygen atoms in total. The molecular formula is C20H27N4O9P. The number of para-hydroxylation sites is 1. The number of methoxy groups -OCH3 is 2. The Morgan fingerprint density at radius 2 is 2.03 bits per heavy atom. The van der Waals surface area contributed by atoms with E-state index in [0.717, 1.165) is 4.57 Å². The highest BCUT2D eigenvalue weighted by Crippen LogP contribution is 2.46. The van der Waals surface area contributed by atoms with E-state index in [9.17, 15) is 19.3 Å². The number of nitrogens with zero attached hydrogens (tertiary/aromatic N) is 2. The third-order valence-electron chi connectivity index (χ3n) is 4.99. The molecule has 14 heteroatoms. The van der Waals surface area contributed by atoms with Crippen LogP contribution in [-0.2, 0) is 28.1 Å². The van der Waals surface area contributed by atoms with E-state index in [-0.39, 0.29) is 11.6 Å². The number of nitrogens with two attached hydrogens (primary N) is 1. The number of anilines is 1. The van der Waals surface area contributed by atoms with Gasteiger partial charge >= 0.3 is 19.4 Å². The van der Waals surface area contributed by atoms with Gasteiger partial charge in [0.1, 0.15) is 35.9 Å². The molecule has 2 aromatic rings. The van der Waals surface area contributed by atoms with Gasteiger partial charge in [-0.2, -0.15) is 10.1 Å². The highest BCUT2D eigenvalue weighted by atomic mass is 31.2. The number of hydrogen-bond donors (Lipinski definition) is 3. The maximum Gasteiger partial charge on any atom is 0.459 e. The molecule has 3 rings (SSSR count). The zero-order chi connectivity index (χ0) is 24.9. The number of aromatic nitrogens is 2. The monoisotopic (exact) mass is 498 g/mol. The molecule has 1 aliphatic rings. The molecule has 2 heterocycles. The highest BCUT2D eigenvalue weighted by Gasteiger charge is 2.47. The summed E-state index contributed by atoms with van der Waals surface area (Å²) >= 11 is 0. The van der Waals surface area contributed by atoms with E-state index in [2.05, 4.69) is 14.8 Å². The Balaban J connectivity index is 1.78. The smallest absolute Gasteiger partial charge is 0.459 e. The lowest BCUT2D eigenvalue weighted by Gasteiger charge is -2.24. The zero-order valence-electron chi connectivity index (χ0n) is 18.8. The number of carbonyl (C=O) groups excluding carboxylic acids is 1. The van der Waals surface area contributed by atoms with Crippen molar-refractivity contribution in [2.75, 3.05) is 26.6 Å².